The van der Waals surface area contributed by atoms with Gasteiger partial charge in [0, 0.05) is 6.92 Å². The summed E-state index contributed by atoms with van der Waals surface area (Å²) in [5.74, 6) is 1.16. The first-order valence-corrected chi connectivity index (χ1v) is 9.41. The number of rotatable bonds is 12. The highest BCUT2D eigenvalue weighted by molar-refractivity contribution is 5.78. The third-order valence-electron chi connectivity index (χ3n) is 5.03. The molecule has 0 aliphatic carbocycles. The fourth-order valence-electron chi connectivity index (χ4n) is 3.41. The maximum Gasteiger partial charge on any atom is 0.204 e. The van der Waals surface area contributed by atoms with Crippen molar-refractivity contribution in [3.63, 3.8) is 0 Å². The zero-order chi connectivity index (χ0) is 16.3. The van der Waals surface area contributed by atoms with Crippen LogP contribution in [0.4, 0.5) is 0 Å². The largest absolute Gasteiger partial charge is 0.345 e. The molecule has 0 radical (unpaired) electrons. The number of aliphatic hydroxyl groups is 1. The summed E-state index contributed by atoms with van der Waals surface area (Å²) in [6.07, 6.45) is 15.9. The van der Waals surface area contributed by atoms with Gasteiger partial charge in [0.15, 0.2) is 6.23 Å². The monoisotopic (exact) mass is 309 g/mol. The number of hydrogen-bond donors (Lipinski definition) is 1. The highest BCUT2D eigenvalue weighted by Gasteiger charge is 2.39. The van der Waals surface area contributed by atoms with Crippen molar-refractivity contribution in [1.29, 1.82) is 0 Å². The minimum Gasteiger partial charge on any atom is -0.345 e. The minimum absolute atomic E-state index is 0.345. The van der Waals surface area contributed by atoms with Crippen LogP contribution < -0.4 is 0 Å². The number of unbranched alkanes of at least 4 members (excludes halogenated alkanes) is 7. The second-order valence-electron chi connectivity index (χ2n) is 6.59. The molecule has 0 fully saturated rings. The molecule has 1 aliphatic rings. The Morgan fingerprint density at radius 3 is 2.41 bits per heavy atom. The summed E-state index contributed by atoms with van der Waals surface area (Å²) in [7, 11) is 0. The van der Waals surface area contributed by atoms with Crippen molar-refractivity contribution in [2.24, 2.45) is 4.99 Å². The summed E-state index contributed by atoms with van der Waals surface area (Å²) >= 11 is 0. The zero-order valence-corrected chi connectivity index (χ0v) is 15.1. The van der Waals surface area contributed by atoms with Gasteiger partial charge in [0.25, 0.3) is 0 Å². The van der Waals surface area contributed by atoms with Crippen molar-refractivity contribution in [1.82, 2.24) is 0 Å². The lowest BCUT2D eigenvalue weighted by Gasteiger charge is -2.35. The molecule has 2 atom stereocenters. The lowest BCUT2D eigenvalue weighted by Crippen LogP contribution is -2.56. The van der Waals surface area contributed by atoms with E-state index >= 15 is 0 Å². The number of aliphatic hydroxyl groups excluding tert-OH is 1. The van der Waals surface area contributed by atoms with E-state index < -0.39 is 0 Å². The number of likely N-dealkylation sites (N-methyl/N-ethyl adjacent to an activating group) is 1. The van der Waals surface area contributed by atoms with Crippen LogP contribution in [0.2, 0.25) is 0 Å². The van der Waals surface area contributed by atoms with Crippen molar-refractivity contribution in [3.05, 3.63) is 12.2 Å². The van der Waals surface area contributed by atoms with Gasteiger partial charge >= 0.3 is 0 Å². The van der Waals surface area contributed by atoms with Crippen LogP contribution in [-0.4, -0.2) is 41.3 Å². The molecule has 0 bridgehead atoms. The Morgan fingerprint density at radius 1 is 1.09 bits per heavy atom. The molecule has 0 aromatic heterocycles. The Hall–Kier alpha value is -0.670. The van der Waals surface area contributed by atoms with Gasteiger partial charge < -0.3 is 5.11 Å². The Bertz CT molecular complexity index is 349. The van der Waals surface area contributed by atoms with Crippen LogP contribution in [0.5, 0.6) is 0 Å². The Balaban J connectivity index is 2.17. The van der Waals surface area contributed by atoms with Gasteiger partial charge in [-0.25, -0.2) is 4.99 Å². The van der Waals surface area contributed by atoms with Crippen LogP contribution in [-0.2, 0) is 0 Å². The van der Waals surface area contributed by atoms with Crippen LogP contribution in [0.1, 0.15) is 78.6 Å². The van der Waals surface area contributed by atoms with Gasteiger partial charge in [0.2, 0.25) is 5.84 Å². The van der Waals surface area contributed by atoms with E-state index in [1.165, 1.54) is 51.4 Å². The van der Waals surface area contributed by atoms with E-state index in [1.54, 1.807) is 0 Å². The topological polar surface area (TPSA) is 32.6 Å². The van der Waals surface area contributed by atoms with E-state index in [2.05, 4.69) is 31.0 Å². The standard InChI is InChI=1S/C19H37N2O/c1-4-6-7-8-9-10-11-12-13-14-15-19-20-16-17-21(19,5-2)18(3)22/h13-14,18,22H,4-12,15-17H2,1-3H3/q+1/b14-13+. The normalized spacial score (nSPS) is 23.2. The molecule has 1 aliphatic heterocycles. The predicted octanol–water partition coefficient (Wildman–Crippen LogP) is 4.66. The summed E-state index contributed by atoms with van der Waals surface area (Å²) in [4.78, 5) is 4.63. The van der Waals surface area contributed by atoms with Gasteiger partial charge in [-0.2, -0.15) is 0 Å². The van der Waals surface area contributed by atoms with Crippen molar-refractivity contribution in [3.8, 4) is 0 Å². The Labute approximate surface area is 137 Å². The van der Waals surface area contributed by atoms with Crippen molar-refractivity contribution < 1.29 is 9.59 Å². The number of quaternary nitrogens is 1. The highest BCUT2D eigenvalue weighted by atomic mass is 16.3. The van der Waals surface area contributed by atoms with E-state index in [0.29, 0.717) is 4.48 Å². The summed E-state index contributed by atoms with van der Waals surface area (Å²) in [6.45, 7) is 9.06. The van der Waals surface area contributed by atoms with Gasteiger partial charge in [-0.05, 0) is 19.8 Å². The van der Waals surface area contributed by atoms with Crippen LogP contribution >= 0.6 is 0 Å². The Kier molecular flexibility index (Phi) is 9.65. The van der Waals surface area contributed by atoms with Crippen LogP contribution in [0.15, 0.2) is 17.1 Å². The van der Waals surface area contributed by atoms with E-state index in [4.69, 9.17) is 0 Å². The molecule has 3 nitrogen and oxygen atoms in total. The first kappa shape index (κ1) is 19.4. The molecule has 1 heterocycles. The van der Waals surface area contributed by atoms with E-state index in [1.807, 2.05) is 6.92 Å². The maximum absolute atomic E-state index is 10.1. The second-order valence-corrected chi connectivity index (χ2v) is 6.59. The SMILES string of the molecule is CCCCCCCCC/C=C/CC1=NCC[N+]1(CC)C(C)O. The Morgan fingerprint density at radius 2 is 1.77 bits per heavy atom. The molecular weight excluding hydrogens is 272 g/mol. The molecule has 0 spiro atoms. The molecule has 128 valence electrons. The fourth-order valence-corrected chi connectivity index (χ4v) is 3.41. The number of allylic oxidation sites excluding steroid dienone is 1. The molecule has 0 amide bonds. The molecule has 0 aromatic carbocycles. The van der Waals surface area contributed by atoms with Gasteiger partial charge in [-0.3, -0.25) is 4.48 Å². The summed E-state index contributed by atoms with van der Waals surface area (Å²) < 4.78 is 0.668. The molecule has 1 N–H and O–H groups in total. The molecule has 0 aromatic rings. The average Bonchev–Trinajstić information content (AvgIpc) is 2.93. The third-order valence-corrected chi connectivity index (χ3v) is 5.03. The van der Waals surface area contributed by atoms with E-state index in [0.717, 1.165) is 31.9 Å². The average molecular weight is 310 g/mol. The maximum atomic E-state index is 10.1. The molecule has 1 rings (SSSR count). The fraction of sp³-hybridized carbons (Fsp3) is 0.842. The first-order chi connectivity index (χ1) is 10.7. The first-order valence-electron chi connectivity index (χ1n) is 9.41. The second kappa shape index (κ2) is 11.0. The van der Waals surface area contributed by atoms with Gasteiger partial charge in [0.05, 0.1) is 19.5 Å². The number of amidine groups is 1. The van der Waals surface area contributed by atoms with E-state index in [9.17, 15) is 5.11 Å². The predicted molar refractivity (Wildman–Crippen MR) is 96.0 cm³/mol. The number of hydrogen-bond acceptors (Lipinski definition) is 2. The van der Waals surface area contributed by atoms with Crippen molar-refractivity contribution in [2.75, 3.05) is 19.6 Å². The van der Waals surface area contributed by atoms with Gasteiger partial charge in [-0.1, -0.05) is 57.6 Å². The van der Waals surface area contributed by atoms with Gasteiger partial charge in [-0.15, -0.1) is 0 Å². The number of aliphatic imine (C=N–C) groups is 1. The molecular formula is C19H37N2O+. The van der Waals surface area contributed by atoms with Crippen LogP contribution in [0.25, 0.3) is 0 Å². The lowest BCUT2D eigenvalue weighted by molar-refractivity contribution is -0.882. The smallest absolute Gasteiger partial charge is 0.204 e. The third kappa shape index (κ3) is 5.85. The van der Waals surface area contributed by atoms with E-state index in [-0.39, 0.29) is 6.23 Å². The molecule has 2 unspecified atom stereocenters. The minimum atomic E-state index is -0.345. The zero-order valence-electron chi connectivity index (χ0n) is 15.1. The number of nitrogens with zero attached hydrogens (tertiary/aromatic N) is 2. The lowest BCUT2D eigenvalue weighted by atomic mass is 10.1. The summed E-state index contributed by atoms with van der Waals surface area (Å²) in [5, 5.41) is 10.1. The quantitative estimate of drug-likeness (QED) is 0.317. The summed E-state index contributed by atoms with van der Waals surface area (Å²) in [6, 6.07) is 0. The van der Waals surface area contributed by atoms with Crippen LogP contribution in [0, 0.1) is 0 Å². The van der Waals surface area contributed by atoms with Crippen LogP contribution in [0.3, 0.4) is 0 Å². The van der Waals surface area contributed by atoms with Gasteiger partial charge in [0.1, 0.15) is 6.54 Å². The highest BCUT2D eigenvalue weighted by Crippen LogP contribution is 2.21. The molecule has 3 heteroatoms. The molecule has 22 heavy (non-hydrogen) atoms. The van der Waals surface area contributed by atoms with Crippen molar-refractivity contribution in [2.45, 2.75) is 84.8 Å². The molecule has 0 saturated heterocycles. The van der Waals surface area contributed by atoms with Crippen molar-refractivity contribution >= 4 is 5.84 Å². The summed E-state index contributed by atoms with van der Waals surface area (Å²) in [5.41, 5.74) is 0. The molecule has 0 saturated carbocycles.